The Labute approximate surface area is 143 Å². The summed E-state index contributed by atoms with van der Waals surface area (Å²) in [7, 11) is 3.37. The summed E-state index contributed by atoms with van der Waals surface area (Å²) >= 11 is 0. The Morgan fingerprint density at radius 3 is 2.29 bits per heavy atom. The number of nitrogens with zero attached hydrogens (tertiary/aromatic N) is 1. The van der Waals surface area contributed by atoms with Crippen molar-refractivity contribution in [2.75, 3.05) is 14.2 Å². The van der Waals surface area contributed by atoms with Gasteiger partial charge in [0.2, 0.25) is 5.91 Å². The van der Waals surface area contributed by atoms with E-state index in [1.165, 1.54) is 0 Å². The molecule has 0 fully saturated rings. The summed E-state index contributed by atoms with van der Waals surface area (Å²) in [6.07, 6.45) is 0.412. The zero-order chi connectivity index (χ0) is 17.5. The summed E-state index contributed by atoms with van der Waals surface area (Å²) < 4.78 is 5.36. The highest BCUT2D eigenvalue weighted by atomic mass is 16.5. The largest absolute Gasteiger partial charge is 0.496 e. The molecule has 4 nitrogen and oxygen atoms in total. The third-order valence-corrected chi connectivity index (χ3v) is 4.23. The van der Waals surface area contributed by atoms with Crippen LogP contribution in [0.4, 0.5) is 0 Å². The summed E-state index contributed by atoms with van der Waals surface area (Å²) in [5.74, 6) is 0.685. The maximum atomic E-state index is 12.4. The van der Waals surface area contributed by atoms with Crippen LogP contribution in [0.15, 0.2) is 54.6 Å². The molecule has 126 valence electrons. The van der Waals surface area contributed by atoms with Crippen molar-refractivity contribution < 1.29 is 14.3 Å². The molecule has 24 heavy (non-hydrogen) atoms. The number of para-hydroxylation sites is 1. The van der Waals surface area contributed by atoms with Crippen molar-refractivity contribution in [1.82, 2.24) is 4.90 Å². The monoisotopic (exact) mass is 325 g/mol. The van der Waals surface area contributed by atoms with E-state index in [1.54, 1.807) is 31.2 Å². The summed E-state index contributed by atoms with van der Waals surface area (Å²) in [6.45, 7) is 1.95. The standard InChI is InChI=1S/C20H23NO3/c1-15(17-11-7-8-12-19(17)24-3)21(2)20(23)14-13-18(22)16-9-5-4-6-10-16/h4-12,15H,13-14H2,1-3H3. The Balaban J connectivity index is 1.98. The van der Waals surface area contributed by atoms with Crippen LogP contribution in [0.2, 0.25) is 0 Å². The third kappa shape index (κ3) is 4.22. The van der Waals surface area contributed by atoms with E-state index < -0.39 is 0 Å². The first-order chi connectivity index (χ1) is 11.5. The Bertz CT molecular complexity index is 697. The molecule has 0 aliphatic heterocycles. The quantitative estimate of drug-likeness (QED) is 0.726. The highest BCUT2D eigenvalue weighted by Gasteiger charge is 2.20. The van der Waals surface area contributed by atoms with Gasteiger partial charge in [-0.15, -0.1) is 0 Å². The lowest BCUT2D eigenvalue weighted by atomic mass is 10.0. The number of rotatable bonds is 7. The van der Waals surface area contributed by atoms with Crippen LogP contribution in [0, 0.1) is 0 Å². The van der Waals surface area contributed by atoms with Gasteiger partial charge < -0.3 is 9.64 Å². The fraction of sp³-hybridized carbons (Fsp3) is 0.300. The molecule has 0 spiro atoms. The second-order valence-corrected chi connectivity index (χ2v) is 5.71. The van der Waals surface area contributed by atoms with Gasteiger partial charge in [0.25, 0.3) is 0 Å². The van der Waals surface area contributed by atoms with Gasteiger partial charge in [0, 0.05) is 31.0 Å². The normalized spacial score (nSPS) is 11.6. The van der Waals surface area contributed by atoms with E-state index in [9.17, 15) is 9.59 Å². The number of hydrogen-bond donors (Lipinski definition) is 0. The van der Waals surface area contributed by atoms with Crippen LogP contribution in [0.1, 0.15) is 41.7 Å². The van der Waals surface area contributed by atoms with E-state index in [0.29, 0.717) is 5.56 Å². The highest BCUT2D eigenvalue weighted by Crippen LogP contribution is 2.28. The third-order valence-electron chi connectivity index (χ3n) is 4.23. The predicted octanol–water partition coefficient (Wildman–Crippen LogP) is 3.88. The lowest BCUT2D eigenvalue weighted by molar-refractivity contribution is -0.131. The van der Waals surface area contributed by atoms with Crippen molar-refractivity contribution in [3.63, 3.8) is 0 Å². The van der Waals surface area contributed by atoms with Crippen molar-refractivity contribution in [3.8, 4) is 5.75 Å². The predicted molar refractivity (Wildman–Crippen MR) is 94.2 cm³/mol. The maximum absolute atomic E-state index is 12.4. The average Bonchev–Trinajstić information content (AvgIpc) is 2.65. The number of carbonyl (C=O) groups is 2. The summed E-state index contributed by atoms with van der Waals surface area (Å²) in [5.41, 5.74) is 1.59. The molecule has 2 rings (SSSR count). The fourth-order valence-electron chi connectivity index (χ4n) is 2.60. The molecular formula is C20H23NO3. The number of hydrogen-bond acceptors (Lipinski definition) is 3. The zero-order valence-corrected chi connectivity index (χ0v) is 14.4. The van der Waals surface area contributed by atoms with Crippen molar-refractivity contribution >= 4 is 11.7 Å². The Morgan fingerprint density at radius 1 is 1.00 bits per heavy atom. The average molecular weight is 325 g/mol. The molecule has 0 heterocycles. The van der Waals surface area contributed by atoms with E-state index in [2.05, 4.69) is 0 Å². The number of Topliss-reactive ketones (excluding diaryl/α,β-unsaturated/α-hetero) is 1. The Morgan fingerprint density at radius 2 is 1.62 bits per heavy atom. The molecule has 0 saturated carbocycles. The summed E-state index contributed by atoms with van der Waals surface area (Å²) in [6, 6.07) is 16.6. The number of ether oxygens (including phenoxy) is 1. The number of carbonyl (C=O) groups excluding carboxylic acids is 2. The first kappa shape index (κ1) is 17.7. The van der Waals surface area contributed by atoms with Gasteiger partial charge in [0.05, 0.1) is 13.2 Å². The van der Waals surface area contributed by atoms with Crippen molar-refractivity contribution in [3.05, 3.63) is 65.7 Å². The van der Waals surface area contributed by atoms with E-state index in [4.69, 9.17) is 4.74 Å². The lowest BCUT2D eigenvalue weighted by Gasteiger charge is -2.26. The number of ketones is 1. The van der Waals surface area contributed by atoms with Gasteiger partial charge in [-0.2, -0.15) is 0 Å². The van der Waals surface area contributed by atoms with E-state index in [-0.39, 0.29) is 30.6 Å². The van der Waals surface area contributed by atoms with Crippen molar-refractivity contribution in [2.24, 2.45) is 0 Å². The minimum Gasteiger partial charge on any atom is -0.496 e. The van der Waals surface area contributed by atoms with Gasteiger partial charge in [-0.05, 0) is 13.0 Å². The van der Waals surface area contributed by atoms with Crippen molar-refractivity contribution in [1.29, 1.82) is 0 Å². The molecule has 0 aromatic heterocycles. The minimum absolute atomic E-state index is 0.0118. The molecule has 0 aliphatic carbocycles. The number of methoxy groups -OCH3 is 1. The SMILES string of the molecule is COc1ccccc1C(C)N(C)C(=O)CCC(=O)c1ccccc1. The van der Waals surface area contributed by atoms with Gasteiger partial charge >= 0.3 is 0 Å². The van der Waals surface area contributed by atoms with E-state index in [1.807, 2.05) is 49.4 Å². The number of amides is 1. The van der Waals surface area contributed by atoms with Crippen LogP contribution in [-0.4, -0.2) is 30.7 Å². The van der Waals surface area contributed by atoms with E-state index >= 15 is 0 Å². The zero-order valence-electron chi connectivity index (χ0n) is 14.4. The van der Waals surface area contributed by atoms with E-state index in [0.717, 1.165) is 11.3 Å². The maximum Gasteiger partial charge on any atom is 0.223 e. The topological polar surface area (TPSA) is 46.6 Å². The Kier molecular flexibility index (Phi) is 6.13. The molecule has 0 aliphatic rings. The second-order valence-electron chi connectivity index (χ2n) is 5.71. The summed E-state index contributed by atoms with van der Waals surface area (Å²) in [5, 5.41) is 0. The molecule has 1 atom stereocenters. The van der Waals surface area contributed by atoms with Gasteiger partial charge in [0.15, 0.2) is 5.78 Å². The molecule has 2 aromatic rings. The van der Waals surface area contributed by atoms with Crippen LogP contribution < -0.4 is 4.74 Å². The first-order valence-corrected chi connectivity index (χ1v) is 8.01. The molecule has 1 amide bonds. The molecule has 4 heteroatoms. The molecular weight excluding hydrogens is 302 g/mol. The molecule has 1 unspecified atom stereocenters. The molecule has 0 saturated heterocycles. The molecule has 0 bridgehead atoms. The Hall–Kier alpha value is -2.62. The fourth-order valence-corrected chi connectivity index (χ4v) is 2.60. The van der Waals surface area contributed by atoms with Gasteiger partial charge in [-0.3, -0.25) is 9.59 Å². The van der Waals surface area contributed by atoms with Gasteiger partial charge in [-0.25, -0.2) is 0 Å². The van der Waals surface area contributed by atoms with Crippen molar-refractivity contribution in [2.45, 2.75) is 25.8 Å². The molecule has 0 N–H and O–H groups in total. The second kappa shape index (κ2) is 8.29. The minimum atomic E-state index is -0.125. The van der Waals surface area contributed by atoms with Crippen LogP contribution in [0.25, 0.3) is 0 Å². The highest BCUT2D eigenvalue weighted by molar-refractivity contribution is 5.97. The number of benzene rings is 2. The van der Waals surface area contributed by atoms with Crippen LogP contribution in [-0.2, 0) is 4.79 Å². The smallest absolute Gasteiger partial charge is 0.223 e. The van der Waals surface area contributed by atoms with Crippen LogP contribution in [0.5, 0.6) is 5.75 Å². The lowest BCUT2D eigenvalue weighted by Crippen LogP contribution is -2.30. The van der Waals surface area contributed by atoms with Gasteiger partial charge in [0.1, 0.15) is 5.75 Å². The molecule has 2 aromatic carbocycles. The van der Waals surface area contributed by atoms with Gasteiger partial charge in [-0.1, -0.05) is 48.5 Å². The summed E-state index contributed by atoms with van der Waals surface area (Å²) in [4.78, 5) is 26.2. The van der Waals surface area contributed by atoms with Crippen LogP contribution >= 0.6 is 0 Å². The van der Waals surface area contributed by atoms with Crippen LogP contribution in [0.3, 0.4) is 0 Å². The molecule has 0 radical (unpaired) electrons. The first-order valence-electron chi connectivity index (χ1n) is 8.01.